The molecule has 0 atom stereocenters. The second kappa shape index (κ2) is 9.79. The summed E-state index contributed by atoms with van der Waals surface area (Å²) in [6.45, 7) is 4.64. The summed E-state index contributed by atoms with van der Waals surface area (Å²) in [7, 11) is 0. The van der Waals surface area contributed by atoms with E-state index >= 15 is 0 Å². The molecule has 0 unspecified atom stereocenters. The van der Waals surface area contributed by atoms with Crippen molar-refractivity contribution >= 4 is 28.9 Å². The number of carbonyl (C=O) groups is 1. The van der Waals surface area contributed by atoms with Gasteiger partial charge in [0, 0.05) is 11.3 Å². The maximum Gasteiger partial charge on any atom is 0.257 e. The minimum absolute atomic E-state index is 0.265. The van der Waals surface area contributed by atoms with Gasteiger partial charge in [0.05, 0.1) is 6.61 Å². The van der Waals surface area contributed by atoms with Crippen LogP contribution in [0.4, 0.5) is 5.69 Å². The predicted octanol–water partition coefficient (Wildman–Crippen LogP) is 4.55. The van der Waals surface area contributed by atoms with E-state index in [1.165, 1.54) is 18.4 Å². The van der Waals surface area contributed by atoms with E-state index in [-0.39, 0.29) is 11.0 Å². The van der Waals surface area contributed by atoms with Crippen LogP contribution in [0.25, 0.3) is 0 Å². The lowest BCUT2D eigenvalue weighted by molar-refractivity contribution is 0.0977. The highest BCUT2D eigenvalue weighted by atomic mass is 32.1. The first-order chi connectivity index (χ1) is 12.1. The van der Waals surface area contributed by atoms with E-state index in [1.807, 2.05) is 25.1 Å². The molecule has 4 nitrogen and oxygen atoms in total. The molecule has 0 aromatic heterocycles. The Morgan fingerprint density at radius 3 is 2.56 bits per heavy atom. The molecule has 0 fully saturated rings. The zero-order chi connectivity index (χ0) is 18.1. The van der Waals surface area contributed by atoms with Gasteiger partial charge < -0.3 is 10.1 Å². The van der Waals surface area contributed by atoms with E-state index in [0.29, 0.717) is 17.9 Å². The Labute approximate surface area is 154 Å². The van der Waals surface area contributed by atoms with Crippen LogP contribution in [-0.2, 0) is 6.42 Å². The number of rotatable bonds is 7. The number of nitrogens with one attached hydrogen (secondary N) is 2. The molecule has 0 radical (unpaired) electrons. The highest BCUT2D eigenvalue weighted by Gasteiger charge is 2.09. The summed E-state index contributed by atoms with van der Waals surface area (Å²) in [6.07, 6.45) is 3.44. The predicted molar refractivity (Wildman–Crippen MR) is 106 cm³/mol. The Morgan fingerprint density at radius 1 is 1.12 bits per heavy atom. The second-order valence-electron chi connectivity index (χ2n) is 5.67. The van der Waals surface area contributed by atoms with E-state index in [9.17, 15) is 4.79 Å². The summed E-state index contributed by atoms with van der Waals surface area (Å²) in [5.74, 6) is 0.398. The number of benzene rings is 2. The Hall–Kier alpha value is -2.40. The summed E-state index contributed by atoms with van der Waals surface area (Å²) < 4.78 is 5.41. The molecule has 0 aliphatic carbocycles. The molecule has 0 saturated carbocycles. The molecular formula is C20H24N2O2S. The molecule has 0 saturated heterocycles. The van der Waals surface area contributed by atoms with Gasteiger partial charge in [-0.2, -0.15) is 0 Å². The number of anilines is 1. The largest absolute Gasteiger partial charge is 0.494 e. The zero-order valence-electron chi connectivity index (χ0n) is 14.7. The van der Waals surface area contributed by atoms with Crippen LogP contribution in [0, 0.1) is 0 Å². The molecule has 0 aliphatic rings. The van der Waals surface area contributed by atoms with Crippen LogP contribution in [0.15, 0.2) is 48.5 Å². The van der Waals surface area contributed by atoms with Gasteiger partial charge in [0.2, 0.25) is 0 Å². The molecule has 2 rings (SSSR count). The third-order valence-corrected chi connectivity index (χ3v) is 3.87. The molecular weight excluding hydrogens is 332 g/mol. The van der Waals surface area contributed by atoms with Gasteiger partial charge in [-0.3, -0.25) is 10.1 Å². The van der Waals surface area contributed by atoms with Gasteiger partial charge in [-0.15, -0.1) is 0 Å². The van der Waals surface area contributed by atoms with Crippen LogP contribution in [0.3, 0.4) is 0 Å². The number of ether oxygens (including phenoxy) is 1. The number of carbonyl (C=O) groups excluding carboxylic acids is 1. The van der Waals surface area contributed by atoms with Gasteiger partial charge in [0.15, 0.2) is 5.11 Å². The van der Waals surface area contributed by atoms with Crippen molar-refractivity contribution in [2.45, 2.75) is 33.1 Å². The molecule has 2 aromatic rings. The van der Waals surface area contributed by atoms with Crippen LogP contribution in [-0.4, -0.2) is 17.6 Å². The van der Waals surface area contributed by atoms with Crippen LogP contribution in [0.1, 0.15) is 42.6 Å². The Bertz CT molecular complexity index is 714. The monoisotopic (exact) mass is 356 g/mol. The lowest BCUT2D eigenvalue weighted by Gasteiger charge is -2.11. The Kier molecular flexibility index (Phi) is 7.41. The van der Waals surface area contributed by atoms with Crippen LogP contribution in [0.5, 0.6) is 5.75 Å². The summed E-state index contributed by atoms with van der Waals surface area (Å²) >= 11 is 5.22. The first-order valence-corrected chi connectivity index (χ1v) is 8.97. The normalized spacial score (nSPS) is 10.2. The fraction of sp³-hybridized carbons (Fsp3) is 0.300. The number of thiocarbonyl (C=S) groups is 1. The van der Waals surface area contributed by atoms with Crippen LogP contribution in [0.2, 0.25) is 0 Å². The number of aryl methyl sites for hydroxylation is 1. The lowest BCUT2D eigenvalue weighted by atomic mass is 10.1. The molecule has 2 N–H and O–H groups in total. The Balaban J connectivity index is 1.91. The summed E-state index contributed by atoms with van der Waals surface area (Å²) in [4.78, 5) is 12.3. The van der Waals surface area contributed by atoms with Crippen molar-refractivity contribution in [3.63, 3.8) is 0 Å². The van der Waals surface area contributed by atoms with E-state index in [1.54, 1.807) is 18.2 Å². The number of unbranched alkanes of at least 4 members (excludes halogenated alkanes) is 1. The maximum absolute atomic E-state index is 12.3. The molecule has 0 bridgehead atoms. The second-order valence-corrected chi connectivity index (χ2v) is 6.08. The van der Waals surface area contributed by atoms with E-state index < -0.39 is 0 Å². The first kappa shape index (κ1) is 18.9. The Morgan fingerprint density at radius 2 is 1.88 bits per heavy atom. The number of amides is 1. The first-order valence-electron chi connectivity index (χ1n) is 8.56. The average Bonchev–Trinajstić information content (AvgIpc) is 2.61. The van der Waals surface area contributed by atoms with Crippen molar-refractivity contribution in [2.75, 3.05) is 11.9 Å². The minimum atomic E-state index is -0.265. The quantitative estimate of drug-likeness (QED) is 0.714. The van der Waals surface area contributed by atoms with Gasteiger partial charge in [-0.05, 0) is 67.9 Å². The number of hydrogen-bond acceptors (Lipinski definition) is 3. The van der Waals surface area contributed by atoms with Crippen molar-refractivity contribution in [2.24, 2.45) is 0 Å². The van der Waals surface area contributed by atoms with Gasteiger partial charge in [-0.1, -0.05) is 31.5 Å². The highest BCUT2D eigenvalue weighted by molar-refractivity contribution is 7.80. The van der Waals surface area contributed by atoms with Gasteiger partial charge in [0.1, 0.15) is 5.75 Å². The smallest absolute Gasteiger partial charge is 0.257 e. The molecule has 0 spiro atoms. The fourth-order valence-electron chi connectivity index (χ4n) is 2.37. The molecule has 0 heterocycles. The van der Waals surface area contributed by atoms with Crippen molar-refractivity contribution in [3.05, 3.63) is 59.7 Å². The standard InChI is InChI=1S/C20H24N2O2S/c1-3-5-7-15-10-12-17(13-11-15)21-20(25)22-19(23)16-8-6-9-18(14-16)24-4-2/h6,8-14H,3-5,7H2,1-2H3,(H2,21,22,23,25). The molecule has 1 amide bonds. The molecule has 2 aromatic carbocycles. The highest BCUT2D eigenvalue weighted by Crippen LogP contribution is 2.14. The summed E-state index contributed by atoms with van der Waals surface area (Å²) in [5, 5.41) is 5.99. The number of hydrogen-bond donors (Lipinski definition) is 2. The van der Waals surface area contributed by atoms with Gasteiger partial charge in [0.25, 0.3) is 5.91 Å². The molecule has 0 aliphatic heterocycles. The summed E-state index contributed by atoms with van der Waals surface area (Å²) in [6, 6.07) is 15.1. The van der Waals surface area contributed by atoms with Crippen molar-refractivity contribution in [1.29, 1.82) is 0 Å². The van der Waals surface area contributed by atoms with Crippen molar-refractivity contribution in [1.82, 2.24) is 5.32 Å². The molecule has 25 heavy (non-hydrogen) atoms. The third kappa shape index (κ3) is 6.19. The fourth-order valence-corrected chi connectivity index (χ4v) is 2.58. The third-order valence-electron chi connectivity index (χ3n) is 3.67. The van der Waals surface area contributed by atoms with E-state index in [2.05, 4.69) is 29.7 Å². The van der Waals surface area contributed by atoms with Crippen molar-refractivity contribution < 1.29 is 9.53 Å². The average molecular weight is 356 g/mol. The minimum Gasteiger partial charge on any atom is -0.494 e. The van der Waals surface area contributed by atoms with Crippen LogP contribution < -0.4 is 15.4 Å². The molecule has 5 heteroatoms. The van der Waals surface area contributed by atoms with Crippen molar-refractivity contribution in [3.8, 4) is 5.75 Å². The lowest BCUT2D eigenvalue weighted by Crippen LogP contribution is -2.34. The summed E-state index contributed by atoms with van der Waals surface area (Å²) in [5.41, 5.74) is 2.66. The van der Waals surface area contributed by atoms with E-state index in [4.69, 9.17) is 17.0 Å². The zero-order valence-corrected chi connectivity index (χ0v) is 15.5. The van der Waals surface area contributed by atoms with E-state index in [0.717, 1.165) is 12.1 Å². The van der Waals surface area contributed by atoms with Crippen LogP contribution >= 0.6 is 12.2 Å². The maximum atomic E-state index is 12.3. The van der Waals surface area contributed by atoms with Gasteiger partial charge in [-0.25, -0.2) is 0 Å². The SMILES string of the molecule is CCCCc1ccc(NC(=S)NC(=O)c2cccc(OCC)c2)cc1. The molecule has 132 valence electrons. The van der Waals surface area contributed by atoms with Gasteiger partial charge >= 0.3 is 0 Å². The topological polar surface area (TPSA) is 50.4 Å².